The summed E-state index contributed by atoms with van der Waals surface area (Å²) in [7, 11) is 2.17. The predicted molar refractivity (Wildman–Crippen MR) is 109 cm³/mol. The second-order valence-electron chi connectivity index (χ2n) is 8.51. The summed E-state index contributed by atoms with van der Waals surface area (Å²) in [4.78, 5) is 27.1. The van der Waals surface area contributed by atoms with E-state index < -0.39 is 6.10 Å². The van der Waals surface area contributed by atoms with Crippen molar-refractivity contribution in [3.05, 3.63) is 58.7 Å². The molecule has 1 aromatic heterocycles. The minimum atomic E-state index is -0.487. The van der Waals surface area contributed by atoms with Crippen LogP contribution in [0.15, 0.2) is 30.5 Å². The Bertz CT molecular complexity index is 916. The van der Waals surface area contributed by atoms with Crippen LogP contribution in [0.4, 0.5) is 0 Å². The number of nitrogens with zero attached hydrogens (tertiary/aromatic N) is 4. The number of benzene rings is 1. The van der Waals surface area contributed by atoms with Gasteiger partial charge in [-0.1, -0.05) is 24.3 Å². The van der Waals surface area contributed by atoms with Crippen LogP contribution < -0.4 is 0 Å². The quantitative estimate of drug-likeness (QED) is 0.786. The van der Waals surface area contributed by atoms with E-state index in [9.17, 15) is 4.79 Å². The Morgan fingerprint density at radius 1 is 1.17 bits per heavy atom. The summed E-state index contributed by atoms with van der Waals surface area (Å²) in [6.07, 6.45) is 5.48. The fourth-order valence-corrected chi connectivity index (χ4v) is 4.86. The predicted octanol–water partition coefficient (Wildman–Crippen LogP) is 2.48. The fraction of sp³-hybridized carbons (Fsp3) is 0.522. The van der Waals surface area contributed by atoms with Crippen molar-refractivity contribution in [3.63, 3.8) is 0 Å². The fourth-order valence-electron chi connectivity index (χ4n) is 4.86. The molecule has 5 rings (SSSR count). The first-order chi connectivity index (χ1) is 14.2. The number of carbonyl (C=O) groups is 1. The molecule has 6 nitrogen and oxygen atoms in total. The highest BCUT2D eigenvalue weighted by Crippen LogP contribution is 2.31. The topological polar surface area (TPSA) is 58.6 Å². The molecule has 1 saturated heterocycles. The summed E-state index contributed by atoms with van der Waals surface area (Å²) < 4.78 is 5.89. The van der Waals surface area contributed by atoms with Gasteiger partial charge in [-0.3, -0.25) is 4.79 Å². The third kappa shape index (κ3) is 3.67. The zero-order chi connectivity index (χ0) is 19.8. The van der Waals surface area contributed by atoms with Crippen LogP contribution in [0.3, 0.4) is 0 Å². The maximum atomic E-state index is 13.2. The lowest BCUT2D eigenvalue weighted by molar-refractivity contribution is -0.146. The number of amides is 1. The third-order valence-electron chi connectivity index (χ3n) is 6.47. The van der Waals surface area contributed by atoms with Crippen LogP contribution in [0.1, 0.15) is 53.1 Å². The minimum absolute atomic E-state index is 0.0563. The maximum absolute atomic E-state index is 13.2. The van der Waals surface area contributed by atoms with Gasteiger partial charge >= 0.3 is 0 Å². The van der Waals surface area contributed by atoms with Gasteiger partial charge in [0.2, 0.25) is 0 Å². The molecule has 0 bridgehead atoms. The number of rotatable bonds is 2. The standard InChI is InChI=1S/C23H28N4O2/c1-26-10-4-6-17(14-26)22-24-13-18-15-27(11-8-20(18)25-22)23(28)21-19-7-3-2-5-16(19)9-12-29-21/h2-3,5,7,13,17,21H,4,6,8-12,14-15H2,1H3. The Balaban J connectivity index is 1.32. The summed E-state index contributed by atoms with van der Waals surface area (Å²) in [5.41, 5.74) is 4.42. The average molecular weight is 393 g/mol. The van der Waals surface area contributed by atoms with E-state index in [0.717, 1.165) is 55.0 Å². The first-order valence-electron chi connectivity index (χ1n) is 10.7. The number of carbonyl (C=O) groups excluding carboxylic acids is 1. The highest BCUT2D eigenvalue weighted by Gasteiger charge is 2.33. The molecule has 1 amide bonds. The Kier molecular flexibility index (Phi) is 5.06. The first kappa shape index (κ1) is 18.7. The number of fused-ring (bicyclic) bond motifs is 2. The number of piperidine rings is 1. The van der Waals surface area contributed by atoms with E-state index in [4.69, 9.17) is 9.72 Å². The van der Waals surface area contributed by atoms with E-state index in [1.54, 1.807) is 0 Å². The van der Waals surface area contributed by atoms with Crippen LogP contribution >= 0.6 is 0 Å². The highest BCUT2D eigenvalue weighted by atomic mass is 16.5. The maximum Gasteiger partial charge on any atom is 0.256 e. The minimum Gasteiger partial charge on any atom is -0.363 e. The molecule has 0 N–H and O–H groups in total. The Morgan fingerprint density at radius 2 is 2.07 bits per heavy atom. The molecule has 0 spiro atoms. The highest BCUT2D eigenvalue weighted by molar-refractivity contribution is 5.83. The molecule has 3 aliphatic rings. The molecule has 0 saturated carbocycles. The summed E-state index contributed by atoms with van der Waals surface area (Å²) in [6, 6.07) is 8.13. The monoisotopic (exact) mass is 392 g/mol. The smallest absolute Gasteiger partial charge is 0.256 e. The van der Waals surface area contributed by atoms with Crippen LogP contribution in [0, 0.1) is 0 Å². The molecule has 2 atom stereocenters. The Hall–Kier alpha value is -2.31. The molecule has 1 fully saturated rings. The molecule has 29 heavy (non-hydrogen) atoms. The van der Waals surface area contributed by atoms with Crippen molar-refractivity contribution in [2.75, 3.05) is 33.3 Å². The van der Waals surface area contributed by atoms with E-state index in [1.807, 2.05) is 29.3 Å². The first-order valence-corrected chi connectivity index (χ1v) is 10.7. The summed E-state index contributed by atoms with van der Waals surface area (Å²) in [5.74, 6) is 1.45. The van der Waals surface area contributed by atoms with Crippen molar-refractivity contribution in [2.45, 2.75) is 44.2 Å². The lowest BCUT2D eigenvalue weighted by atomic mass is 9.95. The van der Waals surface area contributed by atoms with E-state index in [1.165, 1.54) is 12.0 Å². The van der Waals surface area contributed by atoms with Crippen LogP contribution in [-0.4, -0.2) is 59.0 Å². The van der Waals surface area contributed by atoms with Crippen molar-refractivity contribution in [1.82, 2.24) is 19.8 Å². The van der Waals surface area contributed by atoms with Gasteiger partial charge in [0.1, 0.15) is 5.82 Å². The lowest BCUT2D eigenvalue weighted by Crippen LogP contribution is -2.41. The number of ether oxygens (including phenoxy) is 1. The normalized spacial score (nSPS) is 24.7. The van der Waals surface area contributed by atoms with E-state index in [-0.39, 0.29) is 5.91 Å². The molecular formula is C23H28N4O2. The van der Waals surface area contributed by atoms with Crippen molar-refractivity contribution in [2.24, 2.45) is 0 Å². The van der Waals surface area contributed by atoms with E-state index in [2.05, 4.69) is 23.0 Å². The Morgan fingerprint density at radius 3 is 2.97 bits per heavy atom. The molecule has 0 radical (unpaired) electrons. The average Bonchev–Trinajstić information content (AvgIpc) is 2.77. The van der Waals surface area contributed by atoms with Gasteiger partial charge in [-0.2, -0.15) is 0 Å². The molecule has 4 heterocycles. The van der Waals surface area contributed by atoms with E-state index in [0.29, 0.717) is 25.6 Å². The molecule has 0 aliphatic carbocycles. The van der Waals surface area contributed by atoms with Crippen molar-refractivity contribution in [3.8, 4) is 0 Å². The van der Waals surface area contributed by atoms with Gasteiger partial charge < -0.3 is 14.5 Å². The molecule has 2 unspecified atom stereocenters. The molecule has 6 heteroatoms. The van der Waals surface area contributed by atoms with Gasteiger partial charge in [-0.05, 0) is 44.0 Å². The van der Waals surface area contributed by atoms with E-state index >= 15 is 0 Å². The van der Waals surface area contributed by atoms with Crippen LogP contribution in [-0.2, 0) is 28.9 Å². The van der Waals surface area contributed by atoms with Gasteiger partial charge in [0.15, 0.2) is 6.10 Å². The molecule has 152 valence electrons. The molecule has 2 aromatic rings. The van der Waals surface area contributed by atoms with Gasteiger partial charge in [0, 0.05) is 43.7 Å². The second kappa shape index (κ2) is 7.84. The number of hydrogen-bond acceptors (Lipinski definition) is 5. The molecular weight excluding hydrogens is 364 g/mol. The van der Waals surface area contributed by atoms with Crippen molar-refractivity contribution < 1.29 is 9.53 Å². The van der Waals surface area contributed by atoms with Gasteiger partial charge in [-0.25, -0.2) is 9.97 Å². The summed E-state index contributed by atoms with van der Waals surface area (Å²) >= 11 is 0. The number of likely N-dealkylation sites (tertiary alicyclic amines) is 1. The SMILES string of the molecule is CN1CCCC(c2ncc3c(n2)CCN(C(=O)C2OCCc4ccccc42)C3)C1. The molecule has 1 aromatic carbocycles. The number of likely N-dealkylation sites (N-methyl/N-ethyl adjacent to an activating group) is 1. The zero-order valence-electron chi connectivity index (χ0n) is 17.0. The van der Waals surface area contributed by atoms with Crippen LogP contribution in [0.5, 0.6) is 0 Å². The lowest BCUT2D eigenvalue weighted by Gasteiger charge is -2.34. The molecule has 3 aliphatic heterocycles. The van der Waals surface area contributed by atoms with Crippen LogP contribution in [0.2, 0.25) is 0 Å². The number of aromatic nitrogens is 2. The van der Waals surface area contributed by atoms with Gasteiger partial charge in [0.25, 0.3) is 5.91 Å². The van der Waals surface area contributed by atoms with Crippen molar-refractivity contribution >= 4 is 5.91 Å². The zero-order valence-corrected chi connectivity index (χ0v) is 17.0. The van der Waals surface area contributed by atoms with Gasteiger partial charge in [-0.15, -0.1) is 0 Å². The largest absolute Gasteiger partial charge is 0.363 e. The Labute approximate surface area is 171 Å². The second-order valence-corrected chi connectivity index (χ2v) is 8.51. The summed E-state index contributed by atoms with van der Waals surface area (Å²) in [6.45, 7) is 4.04. The number of hydrogen-bond donors (Lipinski definition) is 0. The summed E-state index contributed by atoms with van der Waals surface area (Å²) in [5, 5.41) is 0. The van der Waals surface area contributed by atoms with Crippen LogP contribution in [0.25, 0.3) is 0 Å². The third-order valence-corrected chi connectivity index (χ3v) is 6.47. The van der Waals surface area contributed by atoms with Crippen molar-refractivity contribution in [1.29, 1.82) is 0 Å². The van der Waals surface area contributed by atoms with Gasteiger partial charge in [0.05, 0.1) is 12.3 Å².